The molecule has 0 radical (unpaired) electrons. The first-order chi connectivity index (χ1) is 11.3. The van der Waals surface area contributed by atoms with Crippen molar-refractivity contribution in [3.63, 3.8) is 0 Å². The minimum Gasteiger partial charge on any atom is -0.497 e. The van der Waals surface area contributed by atoms with Gasteiger partial charge in [0.15, 0.2) is 5.82 Å². The normalized spacial score (nSPS) is 18.0. The Bertz CT molecular complexity index is 676. The van der Waals surface area contributed by atoms with Crippen LogP contribution in [0, 0.1) is 0 Å². The van der Waals surface area contributed by atoms with Crippen LogP contribution in [0.5, 0.6) is 5.75 Å². The van der Waals surface area contributed by atoms with Crippen LogP contribution < -0.4 is 15.0 Å². The van der Waals surface area contributed by atoms with E-state index in [4.69, 9.17) is 9.72 Å². The van der Waals surface area contributed by atoms with Crippen LogP contribution in [0.1, 0.15) is 24.5 Å². The van der Waals surface area contributed by atoms with Crippen LogP contribution in [-0.4, -0.2) is 43.3 Å². The molecule has 5 heteroatoms. The first-order valence-corrected chi connectivity index (χ1v) is 8.32. The van der Waals surface area contributed by atoms with E-state index in [-0.39, 0.29) is 0 Å². The topological polar surface area (TPSA) is 50.3 Å². The first-order valence-electron chi connectivity index (χ1n) is 8.32. The van der Waals surface area contributed by atoms with Gasteiger partial charge in [-0.1, -0.05) is 0 Å². The van der Waals surface area contributed by atoms with Crippen molar-refractivity contribution in [1.29, 1.82) is 0 Å². The van der Waals surface area contributed by atoms with Gasteiger partial charge in [0, 0.05) is 37.7 Å². The van der Waals surface area contributed by atoms with Gasteiger partial charge in [-0.25, -0.2) is 9.97 Å². The number of nitrogens with one attached hydrogen (secondary N) is 1. The third-order valence-corrected chi connectivity index (χ3v) is 4.57. The molecule has 0 spiro atoms. The van der Waals surface area contributed by atoms with Gasteiger partial charge in [-0.05, 0) is 37.1 Å². The summed E-state index contributed by atoms with van der Waals surface area (Å²) in [6, 6.07) is 7.96. The smallest absolute Gasteiger partial charge is 0.159 e. The van der Waals surface area contributed by atoms with Crippen molar-refractivity contribution < 1.29 is 4.74 Å². The average molecular weight is 310 g/mol. The number of anilines is 1. The van der Waals surface area contributed by atoms with Gasteiger partial charge in [-0.3, -0.25) is 0 Å². The van der Waals surface area contributed by atoms with Gasteiger partial charge in [0.2, 0.25) is 0 Å². The van der Waals surface area contributed by atoms with Crippen molar-refractivity contribution in [3.8, 4) is 17.1 Å². The summed E-state index contributed by atoms with van der Waals surface area (Å²) in [5.41, 5.74) is 3.50. The zero-order valence-electron chi connectivity index (χ0n) is 13.5. The number of rotatable bonds is 4. The Morgan fingerprint density at radius 3 is 2.52 bits per heavy atom. The van der Waals surface area contributed by atoms with Crippen LogP contribution in [0.4, 0.5) is 5.69 Å². The number of hydrogen-bond acceptors (Lipinski definition) is 5. The molecule has 0 bridgehead atoms. The highest BCUT2D eigenvalue weighted by atomic mass is 16.5. The molecule has 1 saturated heterocycles. The van der Waals surface area contributed by atoms with E-state index in [0.717, 1.165) is 43.3 Å². The molecule has 1 aliphatic heterocycles. The molecule has 2 aromatic rings. The molecule has 1 aliphatic carbocycles. The molecule has 120 valence electrons. The van der Waals surface area contributed by atoms with Crippen LogP contribution >= 0.6 is 0 Å². The summed E-state index contributed by atoms with van der Waals surface area (Å²) in [7, 11) is 1.68. The van der Waals surface area contributed by atoms with Crippen LogP contribution in [-0.2, 0) is 0 Å². The maximum atomic E-state index is 5.22. The Kier molecular flexibility index (Phi) is 3.87. The van der Waals surface area contributed by atoms with Crippen molar-refractivity contribution in [2.75, 3.05) is 38.2 Å². The van der Waals surface area contributed by atoms with E-state index < -0.39 is 0 Å². The number of nitrogens with zero attached hydrogens (tertiary/aromatic N) is 3. The molecule has 0 atom stereocenters. The zero-order valence-corrected chi connectivity index (χ0v) is 13.5. The van der Waals surface area contributed by atoms with Crippen molar-refractivity contribution in [1.82, 2.24) is 15.3 Å². The fourth-order valence-electron chi connectivity index (χ4n) is 3.07. The fraction of sp³-hybridized carbons (Fsp3) is 0.444. The summed E-state index contributed by atoms with van der Waals surface area (Å²) in [6.07, 6.45) is 4.52. The second-order valence-electron chi connectivity index (χ2n) is 6.20. The van der Waals surface area contributed by atoms with E-state index in [1.165, 1.54) is 24.2 Å². The second-order valence-corrected chi connectivity index (χ2v) is 6.20. The van der Waals surface area contributed by atoms with Crippen molar-refractivity contribution in [3.05, 3.63) is 36.2 Å². The number of methoxy groups -OCH3 is 1. The summed E-state index contributed by atoms with van der Waals surface area (Å²) in [5.74, 6) is 2.28. The largest absolute Gasteiger partial charge is 0.497 e. The van der Waals surface area contributed by atoms with E-state index in [2.05, 4.69) is 15.2 Å². The number of hydrogen-bond donors (Lipinski definition) is 1. The predicted octanol–water partition coefficient (Wildman–Crippen LogP) is 2.44. The fourth-order valence-corrected chi connectivity index (χ4v) is 3.07. The van der Waals surface area contributed by atoms with E-state index in [0.29, 0.717) is 5.92 Å². The van der Waals surface area contributed by atoms with Gasteiger partial charge in [0.1, 0.15) is 5.75 Å². The second kappa shape index (κ2) is 6.16. The lowest BCUT2D eigenvalue weighted by atomic mass is 10.1. The summed E-state index contributed by atoms with van der Waals surface area (Å²) < 4.78 is 5.22. The first kappa shape index (κ1) is 14.5. The lowest BCUT2D eigenvalue weighted by Crippen LogP contribution is -2.44. The van der Waals surface area contributed by atoms with Crippen molar-refractivity contribution in [2.45, 2.75) is 18.8 Å². The van der Waals surface area contributed by atoms with Gasteiger partial charge in [0.05, 0.1) is 24.7 Å². The van der Waals surface area contributed by atoms with Gasteiger partial charge in [-0.15, -0.1) is 0 Å². The molecule has 0 unspecified atom stereocenters. The molecular formula is C18H22N4O. The number of ether oxygens (including phenoxy) is 1. The van der Waals surface area contributed by atoms with Gasteiger partial charge >= 0.3 is 0 Å². The van der Waals surface area contributed by atoms with Crippen molar-refractivity contribution >= 4 is 5.69 Å². The van der Waals surface area contributed by atoms with E-state index in [1.54, 1.807) is 7.11 Å². The van der Waals surface area contributed by atoms with E-state index >= 15 is 0 Å². The number of piperazine rings is 1. The predicted molar refractivity (Wildman–Crippen MR) is 91.1 cm³/mol. The molecule has 23 heavy (non-hydrogen) atoms. The van der Waals surface area contributed by atoms with Crippen LogP contribution in [0.15, 0.2) is 30.5 Å². The summed E-state index contributed by atoms with van der Waals surface area (Å²) in [4.78, 5) is 12.0. The molecular weight excluding hydrogens is 288 g/mol. The molecule has 2 heterocycles. The van der Waals surface area contributed by atoms with Gasteiger partial charge in [-0.2, -0.15) is 0 Å². The standard InChI is InChI=1S/C18H22N4O/c1-23-15-6-4-14(5-7-15)18-20-12-16(17(21-18)13-2-3-13)22-10-8-19-9-11-22/h4-7,12-13,19H,2-3,8-11H2,1H3. The number of aromatic nitrogens is 2. The quantitative estimate of drug-likeness (QED) is 0.940. The lowest BCUT2D eigenvalue weighted by molar-refractivity contribution is 0.415. The summed E-state index contributed by atoms with van der Waals surface area (Å²) >= 11 is 0. The monoisotopic (exact) mass is 310 g/mol. The van der Waals surface area contributed by atoms with Gasteiger partial charge in [0.25, 0.3) is 0 Å². The molecule has 4 rings (SSSR count). The third-order valence-electron chi connectivity index (χ3n) is 4.57. The average Bonchev–Trinajstić information content (AvgIpc) is 3.47. The Balaban J connectivity index is 1.67. The molecule has 2 fully saturated rings. The minimum absolute atomic E-state index is 0.611. The number of benzene rings is 1. The van der Waals surface area contributed by atoms with E-state index in [9.17, 15) is 0 Å². The molecule has 1 N–H and O–H groups in total. The molecule has 2 aliphatic rings. The Morgan fingerprint density at radius 2 is 1.87 bits per heavy atom. The summed E-state index contributed by atoms with van der Waals surface area (Å²) in [5, 5.41) is 3.40. The van der Waals surface area contributed by atoms with Crippen molar-refractivity contribution in [2.24, 2.45) is 0 Å². The van der Waals surface area contributed by atoms with Gasteiger partial charge < -0.3 is 15.0 Å². The van der Waals surface area contributed by atoms with Crippen LogP contribution in [0.3, 0.4) is 0 Å². The Morgan fingerprint density at radius 1 is 1.13 bits per heavy atom. The molecule has 1 saturated carbocycles. The Labute approximate surface area is 136 Å². The highest BCUT2D eigenvalue weighted by Crippen LogP contribution is 2.43. The highest BCUT2D eigenvalue weighted by Gasteiger charge is 2.30. The zero-order chi connectivity index (χ0) is 15.6. The van der Waals surface area contributed by atoms with E-state index in [1.807, 2.05) is 30.5 Å². The van der Waals surface area contributed by atoms with Crippen LogP contribution in [0.2, 0.25) is 0 Å². The molecule has 1 aromatic carbocycles. The molecule has 0 amide bonds. The molecule has 5 nitrogen and oxygen atoms in total. The molecule has 1 aromatic heterocycles. The lowest BCUT2D eigenvalue weighted by Gasteiger charge is -2.30. The maximum Gasteiger partial charge on any atom is 0.159 e. The third kappa shape index (κ3) is 3.01. The summed E-state index contributed by atoms with van der Waals surface area (Å²) in [6.45, 7) is 4.13. The minimum atomic E-state index is 0.611. The SMILES string of the molecule is COc1ccc(-c2ncc(N3CCNCC3)c(C3CC3)n2)cc1. The highest BCUT2D eigenvalue weighted by molar-refractivity contribution is 5.61. The Hall–Kier alpha value is -2.14. The van der Waals surface area contributed by atoms with Crippen LogP contribution in [0.25, 0.3) is 11.4 Å². The maximum absolute atomic E-state index is 5.22.